The van der Waals surface area contributed by atoms with E-state index in [1.165, 1.54) is 0 Å². The molecular formula is C13H23N5O2. The summed E-state index contributed by atoms with van der Waals surface area (Å²) in [4.78, 5) is 13.2. The number of β-amino-alcohol motifs (C(OH)–C–C–N with tert-alkyl or cyclic N) is 1. The first-order chi connectivity index (χ1) is 9.52. The molecule has 0 aliphatic carbocycles. The summed E-state index contributed by atoms with van der Waals surface area (Å²) < 4.78 is 1.66. The zero-order valence-electron chi connectivity index (χ0n) is 11.8. The van der Waals surface area contributed by atoms with Gasteiger partial charge in [0.2, 0.25) is 5.91 Å². The Morgan fingerprint density at radius 1 is 1.55 bits per heavy atom. The van der Waals surface area contributed by atoms with Crippen molar-refractivity contribution in [3.8, 4) is 0 Å². The fourth-order valence-corrected chi connectivity index (χ4v) is 2.60. The molecule has 7 nitrogen and oxygen atoms in total. The molecular weight excluding hydrogens is 258 g/mol. The molecule has 1 fully saturated rings. The van der Waals surface area contributed by atoms with Gasteiger partial charge < -0.3 is 21.1 Å². The number of hydrogen-bond donors (Lipinski definition) is 3. The molecule has 0 spiro atoms. The van der Waals surface area contributed by atoms with Crippen LogP contribution in [0.2, 0.25) is 0 Å². The molecule has 1 aromatic rings. The van der Waals surface area contributed by atoms with Gasteiger partial charge in [-0.05, 0) is 12.8 Å². The summed E-state index contributed by atoms with van der Waals surface area (Å²) in [6.07, 6.45) is 4.69. The Morgan fingerprint density at radius 2 is 2.25 bits per heavy atom. The second-order valence-electron chi connectivity index (χ2n) is 5.42. The molecule has 0 bridgehead atoms. The molecule has 2 heterocycles. The summed E-state index contributed by atoms with van der Waals surface area (Å²) in [6.45, 7) is 4.40. The van der Waals surface area contributed by atoms with Crippen molar-refractivity contribution in [3.05, 3.63) is 12.4 Å². The van der Waals surface area contributed by atoms with Crippen molar-refractivity contribution >= 4 is 11.6 Å². The molecule has 1 aromatic heterocycles. The Hall–Kier alpha value is -1.60. The first kappa shape index (κ1) is 14.8. The van der Waals surface area contributed by atoms with E-state index < -0.39 is 6.10 Å². The smallest absolute Gasteiger partial charge is 0.217 e. The number of aromatic nitrogens is 2. The summed E-state index contributed by atoms with van der Waals surface area (Å²) in [5, 5.41) is 17.1. The average molecular weight is 281 g/mol. The highest BCUT2D eigenvalue weighted by atomic mass is 16.3. The largest absolute Gasteiger partial charge is 0.396 e. The molecule has 1 atom stereocenters. The van der Waals surface area contributed by atoms with E-state index in [1.807, 2.05) is 0 Å². The number of hydrogen-bond acceptors (Lipinski definition) is 5. The van der Waals surface area contributed by atoms with Crippen LogP contribution in [0.5, 0.6) is 0 Å². The number of carbonyl (C=O) groups is 1. The Bertz CT molecular complexity index is 440. The van der Waals surface area contributed by atoms with Crippen molar-refractivity contribution in [2.45, 2.75) is 38.5 Å². The molecule has 7 heteroatoms. The Morgan fingerprint density at radius 3 is 2.80 bits per heavy atom. The lowest BCUT2D eigenvalue weighted by Gasteiger charge is -2.33. The van der Waals surface area contributed by atoms with Crippen LogP contribution in [0.15, 0.2) is 12.4 Å². The van der Waals surface area contributed by atoms with Crippen LogP contribution >= 0.6 is 0 Å². The lowest BCUT2D eigenvalue weighted by Crippen LogP contribution is -2.46. The van der Waals surface area contributed by atoms with Gasteiger partial charge in [-0.1, -0.05) is 0 Å². The minimum Gasteiger partial charge on any atom is -0.396 e. The third kappa shape index (κ3) is 4.50. The van der Waals surface area contributed by atoms with Crippen LogP contribution in [-0.4, -0.2) is 57.5 Å². The molecule has 0 radical (unpaired) electrons. The maximum absolute atomic E-state index is 11.0. The van der Waals surface area contributed by atoms with Crippen LogP contribution in [0.3, 0.4) is 0 Å². The molecule has 2 rings (SSSR count). The van der Waals surface area contributed by atoms with Gasteiger partial charge in [0.25, 0.3) is 0 Å². The third-order valence-corrected chi connectivity index (χ3v) is 3.51. The van der Waals surface area contributed by atoms with Crippen LogP contribution in [0.4, 0.5) is 5.69 Å². The van der Waals surface area contributed by atoms with E-state index in [9.17, 15) is 9.90 Å². The SMILES string of the molecule is CC(=O)NC1CCN(CC(O)Cn2cc(N)cn2)CC1. The second kappa shape index (κ2) is 6.71. The van der Waals surface area contributed by atoms with E-state index in [0.29, 0.717) is 18.8 Å². The van der Waals surface area contributed by atoms with E-state index >= 15 is 0 Å². The maximum atomic E-state index is 11.0. The highest BCUT2D eigenvalue weighted by Gasteiger charge is 2.21. The van der Waals surface area contributed by atoms with Gasteiger partial charge in [0.05, 0.1) is 24.5 Å². The number of aliphatic hydroxyl groups is 1. The topological polar surface area (TPSA) is 96.4 Å². The van der Waals surface area contributed by atoms with E-state index in [0.717, 1.165) is 25.9 Å². The molecule has 1 aliphatic rings. The molecule has 20 heavy (non-hydrogen) atoms. The van der Waals surface area contributed by atoms with Gasteiger partial charge in [-0.2, -0.15) is 5.10 Å². The van der Waals surface area contributed by atoms with Crippen molar-refractivity contribution < 1.29 is 9.90 Å². The highest BCUT2D eigenvalue weighted by Crippen LogP contribution is 2.11. The number of anilines is 1. The standard InChI is InChI=1S/C13H23N5O2/c1-10(19)16-12-2-4-17(5-3-12)8-13(20)9-18-7-11(14)6-15-18/h6-7,12-13,20H,2-5,8-9,14H2,1H3,(H,16,19). The Labute approximate surface area is 118 Å². The number of rotatable bonds is 5. The fraction of sp³-hybridized carbons (Fsp3) is 0.692. The predicted molar refractivity (Wildman–Crippen MR) is 75.9 cm³/mol. The summed E-state index contributed by atoms with van der Waals surface area (Å²) in [5.74, 6) is 0.0276. The fourth-order valence-electron chi connectivity index (χ4n) is 2.60. The number of nitrogens with two attached hydrogens (primary N) is 1. The minimum absolute atomic E-state index is 0.0276. The van der Waals surface area contributed by atoms with E-state index in [4.69, 9.17) is 5.73 Å². The molecule has 1 aliphatic heterocycles. The third-order valence-electron chi connectivity index (χ3n) is 3.51. The predicted octanol–water partition coefficient (Wildman–Crippen LogP) is -0.573. The monoisotopic (exact) mass is 281 g/mol. The van der Waals surface area contributed by atoms with Crippen molar-refractivity contribution in [2.75, 3.05) is 25.4 Å². The second-order valence-corrected chi connectivity index (χ2v) is 5.42. The summed E-state index contributed by atoms with van der Waals surface area (Å²) >= 11 is 0. The number of amides is 1. The van der Waals surface area contributed by atoms with Gasteiger partial charge in [-0.3, -0.25) is 9.48 Å². The lowest BCUT2D eigenvalue weighted by molar-refractivity contribution is -0.120. The number of nitrogen functional groups attached to an aromatic ring is 1. The highest BCUT2D eigenvalue weighted by molar-refractivity contribution is 5.73. The maximum Gasteiger partial charge on any atom is 0.217 e. The number of nitrogens with zero attached hydrogens (tertiary/aromatic N) is 3. The molecule has 0 saturated carbocycles. The van der Waals surface area contributed by atoms with E-state index in [-0.39, 0.29) is 11.9 Å². The number of nitrogens with one attached hydrogen (secondary N) is 1. The number of piperidine rings is 1. The van der Waals surface area contributed by atoms with Crippen LogP contribution in [0.1, 0.15) is 19.8 Å². The molecule has 1 saturated heterocycles. The van der Waals surface area contributed by atoms with Crippen LogP contribution in [0.25, 0.3) is 0 Å². The van der Waals surface area contributed by atoms with E-state index in [1.54, 1.807) is 24.0 Å². The first-order valence-electron chi connectivity index (χ1n) is 6.98. The lowest BCUT2D eigenvalue weighted by atomic mass is 10.0. The Balaban J connectivity index is 1.70. The van der Waals surface area contributed by atoms with Crippen molar-refractivity contribution in [3.63, 3.8) is 0 Å². The molecule has 1 amide bonds. The first-order valence-corrected chi connectivity index (χ1v) is 6.98. The van der Waals surface area contributed by atoms with Crippen molar-refractivity contribution in [1.29, 1.82) is 0 Å². The van der Waals surface area contributed by atoms with Crippen molar-refractivity contribution in [2.24, 2.45) is 0 Å². The molecule has 4 N–H and O–H groups in total. The number of aliphatic hydroxyl groups excluding tert-OH is 1. The van der Waals surface area contributed by atoms with Gasteiger partial charge in [0.15, 0.2) is 0 Å². The van der Waals surface area contributed by atoms with Crippen molar-refractivity contribution in [1.82, 2.24) is 20.0 Å². The van der Waals surface area contributed by atoms with Crippen LogP contribution in [-0.2, 0) is 11.3 Å². The van der Waals surface area contributed by atoms with E-state index in [2.05, 4.69) is 15.3 Å². The zero-order valence-corrected chi connectivity index (χ0v) is 11.8. The van der Waals surface area contributed by atoms with Gasteiger partial charge in [-0.25, -0.2) is 0 Å². The van der Waals surface area contributed by atoms with Crippen LogP contribution in [0, 0.1) is 0 Å². The average Bonchev–Trinajstić information content (AvgIpc) is 2.76. The number of likely N-dealkylation sites (tertiary alicyclic amines) is 1. The summed E-state index contributed by atoms with van der Waals surface area (Å²) in [6, 6.07) is 0.270. The Kier molecular flexibility index (Phi) is 4.97. The zero-order chi connectivity index (χ0) is 14.5. The normalized spacial score (nSPS) is 18.9. The van der Waals surface area contributed by atoms with Gasteiger partial charge in [0, 0.05) is 38.8 Å². The summed E-state index contributed by atoms with van der Waals surface area (Å²) in [5.41, 5.74) is 6.19. The number of carbonyl (C=O) groups excluding carboxylic acids is 1. The van der Waals surface area contributed by atoms with Gasteiger partial charge >= 0.3 is 0 Å². The molecule has 112 valence electrons. The minimum atomic E-state index is -0.466. The molecule has 0 aromatic carbocycles. The summed E-state index contributed by atoms with van der Waals surface area (Å²) in [7, 11) is 0. The quantitative estimate of drug-likeness (QED) is 0.671. The molecule has 1 unspecified atom stereocenters. The van der Waals surface area contributed by atoms with Gasteiger partial charge in [-0.15, -0.1) is 0 Å². The van der Waals surface area contributed by atoms with Crippen LogP contribution < -0.4 is 11.1 Å². The van der Waals surface area contributed by atoms with Gasteiger partial charge in [0.1, 0.15) is 0 Å².